The van der Waals surface area contributed by atoms with Crippen molar-refractivity contribution in [3.63, 3.8) is 0 Å². The van der Waals surface area contributed by atoms with Gasteiger partial charge in [0.1, 0.15) is 6.04 Å². The topological polar surface area (TPSA) is 64.2 Å². The molecule has 0 fully saturated rings. The standard InChI is InChI=1S/C22H22N2O3S/c1-15(22(25)23-13-16-9-10-18-19(12-16)27-14-26-18)24-21(20-8-5-11-28-20)17-6-3-2-4-7-17/h2-12,15,21,24H,13-14H2,1H3,(H,23,25)/p+1/t15-,21-/m1/s1. The molecule has 0 aliphatic carbocycles. The van der Waals surface area contributed by atoms with Gasteiger partial charge in [-0.2, -0.15) is 0 Å². The Morgan fingerprint density at radius 2 is 1.93 bits per heavy atom. The maximum absolute atomic E-state index is 12.7. The molecule has 4 rings (SSSR count). The fraction of sp³-hybridized carbons (Fsp3) is 0.227. The molecule has 3 N–H and O–H groups in total. The number of nitrogens with one attached hydrogen (secondary N) is 1. The van der Waals surface area contributed by atoms with E-state index in [9.17, 15) is 4.79 Å². The van der Waals surface area contributed by atoms with E-state index in [0.717, 1.165) is 17.1 Å². The van der Waals surface area contributed by atoms with Crippen molar-refractivity contribution in [2.24, 2.45) is 0 Å². The van der Waals surface area contributed by atoms with Gasteiger partial charge in [-0.1, -0.05) is 42.5 Å². The Kier molecular flexibility index (Phi) is 5.60. The predicted octanol–water partition coefficient (Wildman–Crippen LogP) is 2.83. The number of rotatable bonds is 7. The molecule has 1 aromatic heterocycles. The molecule has 0 spiro atoms. The van der Waals surface area contributed by atoms with Gasteiger partial charge in [-0.3, -0.25) is 4.79 Å². The van der Waals surface area contributed by atoms with Gasteiger partial charge in [-0.05, 0) is 36.1 Å². The van der Waals surface area contributed by atoms with Crippen LogP contribution < -0.4 is 20.1 Å². The Balaban J connectivity index is 1.40. The number of benzene rings is 2. The summed E-state index contributed by atoms with van der Waals surface area (Å²) >= 11 is 1.71. The fourth-order valence-corrected chi connectivity index (χ4v) is 4.11. The van der Waals surface area contributed by atoms with Crippen LogP contribution in [0.4, 0.5) is 0 Å². The number of carbonyl (C=O) groups is 1. The van der Waals surface area contributed by atoms with Crippen molar-refractivity contribution in [1.82, 2.24) is 5.32 Å². The molecule has 0 unspecified atom stereocenters. The lowest BCUT2D eigenvalue weighted by Gasteiger charge is -2.19. The van der Waals surface area contributed by atoms with Crippen LogP contribution in [0.3, 0.4) is 0 Å². The summed E-state index contributed by atoms with van der Waals surface area (Å²) in [5.41, 5.74) is 2.18. The maximum Gasteiger partial charge on any atom is 0.278 e. The van der Waals surface area contributed by atoms with Gasteiger partial charge < -0.3 is 20.1 Å². The minimum absolute atomic E-state index is 0.00940. The van der Waals surface area contributed by atoms with Crippen molar-refractivity contribution in [2.75, 3.05) is 6.79 Å². The normalized spacial score (nSPS) is 14.5. The second-order valence-electron chi connectivity index (χ2n) is 6.79. The second kappa shape index (κ2) is 8.46. The van der Waals surface area contributed by atoms with E-state index < -0.39 is 0 Å². The highest BCUT2D eigenvalue weighted by molar-refractivity contribution is 7.10. The van der Waals surface area contributed by atoms with Crippen molar-refractivity contribution in [3.8, 4) is 11.5 Å². The number of quaternary nitrogens is 1. The quantitative estimate of drug-likeness (QED) is 0.647. The molecule has 0 radical (unpaired) electrons. The van der Waals surface area contributed by atoms with Gasteiger partial charge in [0.25, 0.3) is 5.91 Å². The van der Waals surface area contributed by atoms with Crippen LogP contribution >= 0.6 is 11.3 Å². The summed E-state index contributed by atoms with van der Waals surface area (Å²) in [7, 11) is 0. The Morgan fingerprint density at radius 3 is 2.71 bits per heavy atom. The average molecular weight is 396 g/mol. The van der Waals surface area contributed by atoms with Crippen LogP contribution in [0.1, 0.15) is 29.0 Å². The van der Waals surface area contributed by atoms with Crippen LogP contribution in [0.5, 0.6) is 11.5 Å². The first kappa shape index (κ1) is 18.5. The number of amides is 1. The first-order chi connectivity index (χ1) is 13.7. The maximum atomic E-state index is 12.7. The lowest BCUT2D eigenvalue weighted by atomic mass is 10.0. The average Bonchev–Trinajstić information content (AvgIpc) is 3.42. The minimum Gasteiger partial charge on any atom is -0.454 e. The van der Waals surface area contributed by atoms with E-state index >= 15 is 0 Å². The molecule has 6 heteroatoms. The smallest absolute Gasteiger partial charge is 0.278 e. The van der Waals surface area contributed by atoms with Gasteiger partial charge in [0.15, 0.2) is 17.5 Å². The zero-order chi connectivity index (χ0) is 19.3. The van der Waals surface area contributed by atoms with Crippen LogP contribution in [-0.2, 0) is 11.3 Å². The SMILES string of the molecule is C[C@@H]([NH2+][C@H](c1ccccc1)c1cccs1)C(=O)NCc1ccc2c(c1)OCO2. The van der Waals surface area contributed by atoms with Crippen LogP contribution in [-0.4, -0.2) is 18.7 Å². The van der Waals surface area contributed by atoms with Crippen molar-refractivity contribution in [1.29, 1.82) is 0 Å². The first-order valence-electron chi connectivity index (χ1n) is 9.30. The van der Waals surface area contributed by atoms with Crippen molar-refractivity contribution >= 4 is 17.2 Å². The number of hydrogen-bond donors (Lipinski definition) is 2. The molecule has 5 nitrogen and oxygen atoms in total. The summed E-state index contributed by atoms with van der Waals surface area (Å²) in [6.45, 7) is 2.65. The first-order valence-corrected chi connectivity index (χ1v) is 10.2. The van der Waals surface area contributed by atoms with E-state index in [1.54, 1.807) is 11.3 Å². The molecule has 3 aromatic rings. The highest BCUT2D eigenvalue weighted by Crippen LogP contribution is 2.32. The van der Waals surface area contributed by atoms with Crippen LogP contribution in [0.2, 0.25) is 0 Å². The molecule has 2 heterocycles. The van der Waals surface area contributed by atoms with Crippen LogP contribution in [0.25, 0.3) is 0 Å². The molecule has 0 saturated carbocycles. The molecule has 1 aliphatic rings. The Hall–Kier alpha value is -2.83. The minimum atomic E-state index is -0.221. The Bertz CT molecular complexity index is 928. The molecule has 0 saturated heterocycles. The summed E-state index contributed by atoms with van der Waals surface area (Å²) in [6.07, 6.45) is 0. The number of fused-ring (bicyclic) bond motifs is 1. The largest absolute Gasteiger partial charge is 0.454 e. The third-order valence-electron chi connectivity index (χ3n) is 4.81. The van der Waals surface area contributed by atoms with E-state index in [1.807, 2.05) is 49.4 Å². The lowest BCUT2D eigenvalue weighted by molar-refractivity contribution is -0.704. The molecule has 2 atom stereocenters. The number of carbonyl (C=O) groups excluding carboxylic acids is 1. The monoisotopic (exact) mass is 395 g/mol. The molecule has 1 amide bonds. The van der Waals surface area contributed by atoms with Gasteiger partial charge in [0, 0.05) is 12.1 Å². The van der Waals surface area contributed by atoms with Crippen LogP contribution in [0, 0.1) is 0 Å². The Labute approximate surface area is 168 Å². The molecular formula is C22H23N2O3S+. The van der Waals surface area contributed by atoms with E-state index in [-0.39, 0.29) is 24.8 Å². The summed E-state index contributed by atoms with van der Waals surface area (Å²) < 4.78 is 10.7. The zero-order valence-electron chi connectivity index (χ0n) is 15.6. The third-order valence-corrected chi connectivity index (χ3v) is 5.76. The summed E-state index contributed by atoms with van der Waals surface area (Å²) in [5, 5.41) is 7.22. The van der Waals surface area contributed by atoms with Crippen molar-refractivity contribution in [3.05, 3.63) is 82.0 Å². The molecular weight excluding hydrogens is 372 g/mol. The molecule has 144 valence electrons. The van der Waals surface area contributed by atoms with E-state index in [0.29, 0.717) is 6.54 Å². The Morgan fingerprint density at radius 1 is 1.11 bits per heavy atom. The number of thiophene rings is 1. The number of hydrogen-bond acceptors (Lipinski definition) is 4. The molecule has 2 aromatic carbocycles. The van der Waals surface area contributed by atoms with Gasteiger partial charge in [0.2, 0.25) is 6.79 Å². The van der Waals surface area contributed by atoms with Crippen molar-refractivity contribution in [2.45, 2.75) is 25.6 Å². The molecule has 0 bridgehead atoms. The highest BCUT2D eigenvalue weighted by atomic mass is 32.1. The van der Waals surface area contributed by atoms with Gasteiger partial charge in [-0.25, -0.2) is 0 Å². The lowest BCUT2D eigenvalue weighted by Crippen LogP contribution is -2.92. The van der Waals surface area contributed by atoms with Gasteiger partial charge in [-0.15, -0.1) is 11.3 Å². The summed E-state index contributed by atoms with van der Waals surface area (Å²) in [4.78, 5) is 13.9. The van der Waals surface area contributed by atoms with Gasteiger partial charge in [0.05, 0.1) is 4.88 Å². The van der Waals surface area contributed by atoms with Gasteiger partial charge >= 0.3 is 0 Å². The highest BCUT2D eigenvalue weighted by Gasteiger charge is 2.25. The number of ether oxygens (including phenoxy) is 2. The molecule has 1 aliphatic heterocycles. The number of nitrogens with two attached hydrogens (primary N) is 1. The van der Waals surface area contributed by atoms with E-state index in [4.69, 9.17) is 9.47 Å². The fourth-order valence-electron chi connectivity index (χ4n) is 3.28. The predicted molar refractivity (Wildman–Crippen MR) is 108 cm³/mol. The van der Waals surface area contributed by atoms with Crippen LogP contribution in [0.15, 0.2) is 66.0 Å². The van der Waals surface area contributed by atoms with E-state index in [1.165, 1.54) is 10.4 Å². The summed E-state index contributed by atoms with van der Waals surface area (Å²) in [6, 6.07) is 20.1. The zero-order valence-corrected chi connectivity index (χ0v) is 16.4. The second-order valence-corrected chi connectivity index (χ2v) is 7.77. The molecule has 28 heavy (non-hydrogen) atoms. The van der Waals surface area contributed by atoms with E-state index in [2.05, 4.69) is 34.2 Å². The third kappa shape index (κ3) is 4.18. The van der Waals surface area contributed by atoms with Crippen molar-refractivity contribution < 1.29 is 19.6 Å². The summed E-state index contributed by atoms with van der Waals surface area (Å²) in [5.74, 6) is 1.49.